The highest BCUT2D eigenvalue weighted by molar-refractivity contribution is 5.67. The van der Waals surface area contributed by atoms with E-state index in [9.17, 15) is 13.6 Å². The summed E-state index contributed by atoms with van der Waals surface area (Å²) in [7, 11) is 0. The van der Waals surface area contributed by atoms with Gasteiger partial charge in [-0.15, -0.1) is 0 Å². The number of carboxylic acid groups (broad SMARTS) is 1. The molecule has 0 fully saturated rings. The lowest BCUT2D eigenvalue weighted by Gasteiger charge is -2.16. The number of halogens is 2. The first-order valence-electron chi connectivity index (χ1n) is 4.34. The molecule has 1 heterocycles. The maximum Gasteiger partial charge on any atom is 0.316 e. The molecule has 0 amide bonds. The van der Waals surface area contributed by atoms with Crippen molar-refractivity contribution in [3.63, 3.8) is 0 Å². The van der Waals surface area contributed by atoms with Gasteiger partial charge in [-0.1, -0.05) is 0 Å². The molecular formula is C8H11F2N3O2. The molecule has 84 valence electrons. The molecule has 0 atom stereocenters. The van der Waals surface area contributed by atoms with Crippen molar-refractivity contribution in [1.82, 2.24) is 14.8 Å². The molecule has 5 nitrogen and oxygen atoms in total. The van der Waals surface area contributed by atoms with Gasteiger partial charge in [0.25, 0.3) is 0 Å². The van der Waals surface area contributed by atoms with Gasteiger partial charge in [0.15, 0.2) is 5.82 Å². The van der Waals surface area contributed by atoms with Crippen molar-refractivity contribution in [2.45, 2.75) is 32.2 Å². The van der Waals surface area contributed by atoms with E-state index in [0.29, 0.717) is 0 Å². The first-order valence-corrected chi connectivity index (χ1v) is 4.34. The van der Waals surface area contributed by atoms with E-state index in [0.717, 1.165) is 11.0 Å². The fourth-order valence-electron chi connectivity index (χ4n) is 1.16. The molecule has 1 rings (SSSR count). The summed E-state index contributed by atoms with van der Waals surface area (Å²) in [6.45, 7) is 3.32. The van der Waals surface area contributed by atoms with Gasteiger partial charge in [-0.3, -0.25) is 4.79 Å². The molecule has 1 N–H and O–H groups in total. The summed E-state index contributed by atoms with van der Waals surface area (Å²) >= 11 is 0. The van der Waals surface area contributed by atoms with Crippen molar-refractivity contribution in [2.75, 3.05) is 0 Å². The van der Waals surface area contributed by atoms with Crippen LogP contribution >= 0.6 is 0 Å². The molecule has 1 aromatic heterocycles. The molecule has 0 radical (unpaired) electrons. The number of aliphatic carboxylic acids is 1. The zero-order chi connectivity index (χ0) is 11.6. The van der Waals surface area contributed by atoms with Gasteiger partial charge in [-0.05, 0) is 13.8 Å². The second-order valence-electron chi connectivity index (χ2n) is 3.40. The Morgan fingerprint density at radius 2 is 2.27 bits per heavy atom. The lowest BCUT2D eigenvalue weighted by Crippen LogP contribution is -2.25. The molecule has 1 aromatic rings. The van der Waals surface area contributed by atoms with Gasteiger partial charge in [0, 0.05) is 6.04 Å². The largest absolute Gasteiger partial charge is 0.481 e. The van der Waals surface area contributed by atoms with Crippen molar-refractivity contribution in [1.29, 1.82) is 0 Å². The Bertz CT molecular complexity index is 363. The predicted molar refractivity (Wildman–Crippen MR) is 46.6 cm³/mol. The predicted octanol–water partition coefficient (Wildman–Crippen LogP) is 1.43. The van der Waals surface area contributed by atoms with Crippen LogP contribution in [0.3, 0.4) is 0 Å². The van der Waals surface area contributed by atoms with E-state index in [2.05, 4.69) is 10.1 Å². The van der Waals surface area contributed by atoms with Gasteiger partial charge >= 0.3 is 11.9 Å². The smallest absolute Gasteiger partial charge is 0.316 e. The topological polar surface area (TPSA) is 68.0 Å². The second-order valence-corrected chi connectivity index (χ2v) is 3.40. The van der Waals surface area contributed by atoms with Crippen LogP contribution in [-0.2, 0) is 10.7 Å². The summed E-state index contributed by atoms with van der Waals surface area (Å²) in [4.78, 5) is 13.7. The van der Waals surface area contributed by atoms with Gasteiger partial charge in [0.1, 0.15) is 12.7 Å². The van der Waals surface area contributed by atoms with E-state index in [1.165, 1.54) is 0 Å². The summed E-state index contributed by atoms with van der Waals surface area (Å²) in [5.74, 6) is -5.68. The molecule has 0 saturated carbocycles. The summed E-state index contributed by atoms with van der Waals surface area (Å²) in [6.07, 6.45) is -0.288. The number of alkyl halides is 2. The SMILES string of the molecule is CC(C)n1ncnc1C(F)(F)CC(=O)O. The standard InChI is InChI=1S/C8H11F2N3O2/c1-5(2)13-7(11-4-12-13)8(9,10)3-6(14)15/h4-5H,3H2,1-2H3,(H,14,15). The molecule has 0 unspecified atom stereocenters. The monoisotopic (exact) mass is 219 g/mol. The van der Waals surface area contributed by atoms with Gasteiger partial charge in [0.2, 0.25) is 0 Å². The maximum atomic E-state index is 13.4. The molecule has 0 aliphatic heterocycles. The van der Waals surface area contributed by atoms with Crippen molar-refractivity contribution in [3.8, 4) is 0 Å². The third-order valence-corrected chi connectivity index (χ3v) is 1.76. The van der Waals surface area contributed by atoms with E-state index in [1.807, 2.05) is 0 Å². The molecule has 0 aromatic carbocycles. The molecule has 15 heavy (non-hydrogen) atoms. The summed E-state index contributed by atoms with van der Waals surface area (Å²) < 4.78 is 27.7. The highest BCUT2D eigenvalue weighted by atomic mass is 19.3. The summed E-state index contributed by atoms with van der Waals surface area (Å²) in [5, 5.41) is 12.0. The fraction of sp³-hybridized carbons (Fsp3) is 0.625. The van der Waals surface area contributed by atoms with Crippen LogP contribution < -0.4 is 0 Å². The van der Waals surface area contributed by atoms with Crippen molar-refractivity contribution < 1.29 is 18.7 Å². The highest BCUT2D eigenvalue weighted by Gasteiger charge is 2.40. The minimum atomic E-state index is -3.49. The normalized spacial score (nSPS) is 12.1. The number of hydrogen-bond acceptors (Lipinski definition) is 3. The van der Waals surface area contributed by atoms with Crippen LogP contribution in [0.4, 0.5) is 8.78 Å². The van der Waals surface area contributed by atoms with Crippen LogP contribution in [0.2, 0.25) is 0 Å². The zero-order valence-electron chi connectivity index (χ0n) is 8.31. The highest BCUT2D eigenvalue weighted by Crippen LogP contribution is 2.30. The molecule has 7 heteroatoms. The summed E-state index contributed by atoms with van der Waals surface area (Å²) in [5.41, 5.74) is 0. The van der Waals surface area contributed by atoms with Crippen molar-refractivity contribution >= 4 is 5.97 Å². The average Bonchev–Trinajstić information content (AvgIpc) is 2.48. The number of aromatic nitrogens is 3. The Morgan fingerprint density at radius 1 is 1.67 bits per heavy atom. The van der Waals surface area contributed by atoms with Crippen LogP contribution in [0.1, 0.15) is 32.1 Å². The third-order valence-electron chi connectivity index (χ3n) is 1.76. The molecule has 0 aliphatic carbocycles. The van der Waals surface area contributed by atoms with Gasteiger partial charge in [-0.2, -0.15) is 13.9 Å². The first-order chi connectivity index (χ1) is 6.84. The van der Waals surface area contributed by atoms with Crippen LogP contribution in [0.5, 0.6) is 0 Å². The maximum absolute atomic E-state index is 13.4. The lowest BCUT2D eigenvalue weighted by atomic mass is 10.2. The minimum absolute atomic E-state index is 0.290. The Hall–Kier alpha value is -1.53. The van der Waals surface area contributed by atoms with Crippen molar-refractivity contribution in [2.24, 2.45) is 0 Å². The van der Waals surface area contributed by atoms with Gasteiger partial charge in [-0.25, -0.2) is 9.67 Å². The number of rotatable bonds is 4. The zero-order valence-corrected chi connectivity index (χ0v) is 8.31. The number of carbonyl (C=O) groups is 1. The number of hydrogen-bond donors (Lipinski definition) is 1. The Labute approximate surface area is 84.7 Å². The average molecular weight is 219 g/mol. The Morgan fingerprint density at radius 3 is 2.73 bits per heavy atom. The van der Waals surface area contributed by atoms with E-state index in [4.69, 9.17) is 5.11 Å². The van der Waals surface area contributed by atoms with E-state index < -0.39 is 24.1 Å². The first kappa shape index (κ1) is 11.5. The van der Waals surface area contributed by atoms with Crippen LogP contribution in [-0.4, -0.2) is 25.8 Å². The Balaban J connectivity index is 3.03. The van der Waals surface area contributed by atoms with E-state index in [-0.39, 0.29) is 6.04 Å². The van der Waals surface area contributed by atoms with E-state index >= 15 is 0 Å². The van der Waals surface area contributed by atoms with Crippen LogP contribution in [0, 0.1) is 0 Å². The lowest BCUT2D eigenvalue weighted by molar-refractivity contribution is -0.146. The van der Waals surface area contributed by atoms with Crippen LogP contribution in [0.15, 0.2) is 6.33 Å². The fourth-order valence-corrected chi connectivity index (χ4v) is 1.16. The van der Waals surface area contributed by atoms with Gasteiger partial charge in [0.05, 0.1) is 0 Å². The van der Waals surface area contributed by atoms with Crippen molar-refractivity contribution in [3.05, 3.63) is 12.2 Å². The third kappa shape index (κ3) is 2.48. The molecule has 0 bridgehead atoms. The number of carboxylic acids is 1. The minimum Gasteiger partial charge on any atom is -0.481 e. The molecule has 0 aliphatic rings. The van der Waals surface area contributed by atoms with Gasteiger partial charge < -0.3 is 5.11 Å². The number of nitrogens with zero attached hydrogens (tertiary/aromatic N) is 3. The molecule has 0 saturated heterocycles. The molecule has 0 spiro atoms. The quantitative estimate of drug-likeness (QED) is 0.831. The van der Waals surface area contributed by atoms with Crippen LogP contribution in [0.25, 0.3) is 0 Å². The summed E-state index contributed by atoms with van der Waals surface area (Å²) in [6, 6.07) is -0.290. The van der Waals surface area contributed by atoms with E-state index in [1.54, 1.807) is 13.8 Å². The molecular weight excluding hydrogens is 208 g/mol. The second kappa shape index (κ2) is 3.92. The Kier molecular flexibility index (Phi) is 3.01.